The molecule has 2 aromatic heterocycles. The van der Waals surface area contributed by atoms with Crippen LogP contribution >= 0.6 is 11.3 Å². The highest BCUT2D eigenvalue weighted by atomic mass is 32.1. The standard InChI is InChI=1S/C5H4FN5S/c6-3-1-8-11(2-3)5-10-9-4(7)12-5/h1-2H,(H2,7,9). The average Bonchev–Trinajstić information content (AvgIpc) is 2.58. The van der Waals surface area contributed by atoms with E-state index in [1.807, 2.05) is 0 Å². The molecule has 0 radical (unpaired) electrons. The van der Waals surface area contributed by atoms with Crippen LogP contribution in [-0.4, -0.2) is 20.0 Å². The molecule has 2 heterocycles. The van der Waals surface area contributed by atoms with Gasteiger partial charge in [-0.3, -0.25) is 0 Å². The van der Waals surface area contributed by atoms with Crippen LogP contribution in [-0.2, 0) is 0 Å². The summed E-state index contributed by atoms with van der Waals surface area (Å²) in [5.41, 5.74) is 5.33. The molecule has 62 valence electrons. The van der Waals surface area contributed by atoms with E-state index in [-0.39, 0.29) is 0 Å². The van der Waals surface area contributed by atoms with Crippen molar-refractivity contribution in [3.05, 3.63) is 18.2 Å². The van der Waals surface area contributed by atoms with Crippen LogP contribution in [0.15, 0.2) is 12.4 Å². The van der Waals surface area contributed by atoms with Crippen molar-refractivity contribution in [2.45, 2.75) is 0 Å². The van der Waals surface area contributed by atoms with Crippen molar-refractivity contribution in [2.24, 2.45) is 0 Å². The predicted molar refractivity (Wildman–Crippen MR) is 41.4 cm³/mol. The summed E-state index contributed by atoms with van der Waals surface area (Å²) in [5, 5.41) is 11.7. The lowest BCUT2D eigenvalue weighted by molar-refractivity contribution is 0.627. The lowest BCUT2D eigenvalue weighted by atomic mass is 10.7. The van der Waals surface area contributed by atoms with Crippen molar-refractivity contribution in [1.82, 2.24) is 20.0 Å². The Morgan fingerprint density at radius 1 is 1.50 bits per heavy atom. The summed E-state index contributed by atoms with van der Waals surface area (Å²) < 4.78 is 13.7. The first-order valence-electron chi connectivity index (χ1n) is 3.05. The molecule has 0 atom stereocenters. The Morgan fingerprint density at radius 3 is 2.83 bits per heavy atom. The molecular formula is C5H4FN5S. The van der Waals surface area contributed by atoms with Gasteiger partial charge in [-0.15, -0.1) is 10.2 Å². The van der Waals surface area contributed by atoms with E-state index in [2.05, 4.69) is 15.3 Å². The fourth-order valence-electron chi connectivity index (χ4n) is 0.724. The summed E-state index contributed by atoms with van der Waals surface area (Å²) in [4.78, 5) is 0. The Bertz CT molecular complexity index is 356. The van der Waals surface area contributed by atoms with Crippen LogP contribution in [0.2, 0.25) is 0 Å². The third-order valence-corrected chi connectivity index (χ3v) is 1.92. The predicted octanol–water partition coefficient (Wildman–Crippen LogP) is 0.445. The fourth-order valence-corrected chi connectivity index (χ4v) is 1.27. The molecule has 7 heteroatoms. The first-order chi connectivity index (χ1) is 5.75. The van der Waals surface area contributed by atoms with Crippen LogP contribution in [0.4, 0.5) is 9.52 Å². The highest BCUT2D eigenvalue weighted by molar-refractivity contribution is 7.17. The minimum Gasteiger partial charge on any atom is -0.374 e. The quantitative estimate of drug-likeness (QED) is 0.700. The number of nitrogens with zero attached hydrogens (tertiary/aromatic N) is 4. The molecule has 0 aliphatic carbocycles. The summed E-state index contributed by atoms with van der Waals surface area (Å²) >= 11 is 1.14. The lowest BCUT2D eigenvalue weighted by Crippen LogP contribution is -1.92. The molecule has 0 bridgehead atoms. The van der Waals surface area contributed by atoms with Gasteiger partial charge in [0.2, 0.25) is 10.3 Å². The monoisotopic (exact) mass is 185 g/mol. The summed E-state index contributed by atoms with van der Waals surface area (Å²) in [6, 6.07) is 0. The second-order valence-corrected chi connectivity index (χ2v) is 3.01. The zero-order chi connectivity index (χ0) is 8.55. The molecule has 0 amide bonds. The van der Waals surface area contributed by atoms with Crippen LogP contribution in [0.3, 0.4) is 0 Å². The second-order valence-electron chi connectivity index (χ2n) is 2.03. The third kappa shape index (κ3) is 1.14. The van der Waals surface area contributed by atoms with E-state index in [9.17, 15) is 4.39 Å². The molecule has 0 aliphatic rings. The third-order valence-electron chi connectivity index (χ3n) is 1.18. The van der Waals surface area contributed by atoms with Gasteiger partial charge in [-0.2, -0.15) is 5.10 Å². The molecule has 2 aromatic rings. The van der Waals surface area contributed by atoms with Gasteiger partial charge < -0.3 is 5.73 Å². The zero-order valence-corrected chi connectivity index (χ0v) is 6.62. The van der Waals surface area contributed by atoms with Crippen molar-refractivity contribution in [1.29, 1.82) is 0 Å². The number of nitrogen functional groups attached to an aromatic ring is 1. The number of hydrogen-bond acceptors (Lipinski definition) is 5. The average molecular weight is 185 g/mol. The molecule has 0 unspecified atom stereocenters. The van der Waals surface area contributed by atoms with Gasteiger partial charge in [0.15, 0.2) is 5.82 Å². The van der Waals surface area contributed by atoms with Gasteiger partial charge in [-0.25, -0.2) is 9.07 Å². The van der Waals surface area contributed by atoms with Crippen LogP contribution in [0, 0.1) is 5.82 Å². The van der Waals surface area contributed by atoms with E-state index in [4.69, 9.17) is 5.73 Å². The molecule has 0 spiro atoms. The van der Waals surface area contributed by atoms with Crippen LogP contribution in [0.25, 0.3) is 5.13 Å². The van der Waals surface area contributed by atoms with Gasteiger partial charge in [0, 0.05) is 0 Å². The first kappa shape index (κ1) is 7.17. The van der Waals surface area contributed by atoms with Crippen LogP contribution in [0.1, 0.15) is 0 Å². The molecule has 0 aromatic carbocycles. The van der Waals surface area contributed by atoms with Gasteiger partial charge in [-0.05, 0) is 0 Å². The molecule has 0 saturated carbocycles. The Hall–Kier alpha value is -1.50. The molecule has 2 rings (SSSR count). The van der Waals surface area contributed by atoms with Crippen molar-refractivity contribution in [3.8, 4) is 5.13 Å². The van der Waals surface area contributed by atoms with Gasteiger partial charge >= 0.3 is 0 Å². The van der Waals surface area contributed by atoms with E-state index >= 15 is 0 Å². The maximum atomic E-state index is 12.5. The topological polar surface area (TPSA) is 69.6 Å². The molecule has 5 nitrogen and oxygen atoms in total. The maximum Gasteiger partial charge on any atom is 0.234 e. The smallest absolute Gasteiger partial charge is 0.234 e. The second kappa shape index (κ2) is 2.52. The van der Waals surface area contributed by atoms with Gasteiger partial charge in [0.1, 0.15) is 0 Å². The minimum atomic E-state index is -0.413. The number of hydrogen-bond donors (Lipinski definition) is 1. The van der Waals surface area contributed by atoms with Crippen molar-refractivity contribution in [3.63, 3.8) is 0 Å². The van der Waals surface area contributed by atoms with E-state index in [0.29, 0.717) is 10.3 Å². The van der Waals surface area contributed by atoms with Crippen molar-refractivity contribution >= 4 is 16.5 Å². The van der Waals surface area contributed by atoms with Crippen molar-refractivity contribution < 1.29 is 4.39 Å². The van der Waals surface area contributed by atoms with E-state index in [1.165, 1.54) is 10.9 Å². The number of aromatic nitrogens is 4. The molecule has 0 fully saturated rings. The molecular weight excluding hydrogens is 181 g/mol. The Kier molecular flexibility index (Phi) is 1.51. The minimum absolute atomic E-state index is 0.334. The van der Waals surface area contributed by atoms with E-state index in [0.717, 1.165) is 17.5 Å². The zero-order valence-electron chi connectivity index (χ0n) is 5.81. The van der Waals surface area contributed by atoms with Gasteiger partial charge in [0.05, 0.1) is 12.4 Å². The molecule has 0 saturated heterocycles. The van der Waals surface area contributed by atoms with E-state index in [1.54, 1.807) is 0 Å². The number of nitrogens with two attached hydrogens (primary N) is 1. The first-order valence-corrected chi connectivity index (χ1v) is 3.87. The van der Waals surface area contributed by atoms with Gasteiger partial charge in [0.25, 0.3) is 0 Å². The normalized spacial score (nSPS) is 10.4. The summed E-state index contributed by atoms with van der Waals surface area (Å²) in [7, 11) is 0. The lowest BCUT2D eigenvalue weighted by Gasteiger charge is -1.88. The summed E-state index contributed by atoms with van der Waals surface area (Å²) in [6.45, 7) is 0. The van der Waals surface area contributed by atoms with Crippen LogP contribution < -0.4 is 5.73 Å². The Morgan fingerprint density at radius 2 is 2.33 bits per heavy atom. The van der Waals surface area contributed by atoms with Crippen molar-refractivity contribution in [2.75, 3.05) is 5.73 Å². The fraction of sp³-hybridized carbons (Fsp3) is 0. The highest BCUT2D eigenvalue weighted by Gasteiger charge is 2.04. The van der Waals surface area contributed by atoms with Crippen LogP contribution in [0.5, 0.6) is 0 Å². The largest absolute Gasteiger partial charge is 0.374 e. The van der Waals surface area contributed by atoms with E-state index < -0.39 is 5.82 Å². The SMILES string of the molecule is Nc1nnc(-n2cc(F)cn2)s1. The summed E-state index contributed by atoms with van der Waals surface area (Å²) in [6.07, 6.45) is 2.30. The number of halogens is 1. The molecule has 0 aliphatic heterocycles. The summed E-state index contributed by atoms with van der Waals surface area (Å²) in [5.74, 6) is -0.413. The maximum absolute atomic E-state index is 12.5. The molecule has 12 heavy (non-hydrogen) atoms. The molecule has 2 N–H and O–H groups in total. The Labute approximate surface area is 70.6 Å². The van der Waals surface area contributed by atoms with Gasteiger partial charge in [-0.1, -0.05) is 11.3 Å². The Balaban J connectivity index is 2.43. The highest BCUT2D eigenvalue weighted by Crippen LogP contribution is 2.14. The number of anilines is 1. The number of rotatable bonds is 1.